The molecule has 1 aromatic heterocycles. The number of carboxylic acid groups (broad SMARTS) is 1. The van der Waals surface area contributed by atoms with Crippen LogP contribution in [-0.4, -0.2) is 43.4 Å². The number of aliphatic carboxylic acids is 1. The Bertz CT molecular complexity index is 756. The standard InChI is InChI=1S/C15H15FN2O6/c1-17-7-11(13(21)15(17)23)14(22)18(24-8-12(19)20)6-9-2-4-10(16)5-3-9/h2-5,7,21,23H,6,8H2,1H3,(H,19,20). The predicted octanol–water partition coefficient (Wildman–Crippen LogP) is 1.23. The number of nitrogens with zero attached hydrogens (tertiary/aromatic N) is 2. The van der Waals surface area contributed by atoms with Gasteiger partial charge in [0.2, 0.25) is 5.88 Å². The monoisotopic (exact) mass is 338 g/mol. The topological polar surface area (TPSA) is 112 Å². The number of benzene rings is 1. The molecule has 8 nitrogen and oxygen atoms in total. The van der Waals surface area contributed by atoms with Gasteiger partial charge in [0.05, 0.1) is 6.54 Å². The van der Waals surface area contributed by atoms with Crippen molar-refractivity contribution in [2.75, 3.05) is 6.61 Å². The van der Waals surface area contributed by atoms with E-state index in [2.05, 4.69) is 0 Å². The number of amides is 1. The molecular formula is C15H15FN2O6. The molecule has 0 saturated carbocycles. The molecule has 0 aliphatic rings. The highest BCUT2D eigenvalue weighted by Crippen LogP contribution is 2.31. The fourth-order valence-electron chi connectivity index (χ4n) is 1.96. The van der Waals surface area contributed by atoms with Crippen LogP contribution < -0.4 is 0 Å². The summed E-state index contributed by atoms with van der Waals surface area (Å²) in [4.78, 5) is 28.1. The van der Waals surface area contributed by atoms with Crippen LogP contribution in [0.25, 0.3) is 0 Å². The highest BCUT2D eigenvalue weighted by atomic mass is 19.1. The lowest BCUT2D eigenvalue weighted by Gasteiger charge is -2.20. The minimum absolute atomic E-state index is 0.179. The molecular weight excluding hydrogens is 323 g/mol. The van der Waals surface area contributed by atoms with E-state index in [-0.39, 0.29) is 12.1 Å². The molecule has 0 spiro atoms. The first-order valence-corrected chi connectivity index (χ1v) is 6.78. The summed E-state index contributed by atoms with van der Waals surface area (Å²) in [5, 5.41) is 28.8. The van der Waals surface area contributed by atoms with E-state index >= 15 is 0 Å². The molecule has 128 valence electrons. The molecule has 0 aliphatic carbocycles. The summed E-state index contributed by atoms with van der Waals surface area (Å²) in [7, 11) is 1.41. The summed E-state index contributed by atoms with van der Waals surface area (Å²) in [6.07, 6.45) is 1.18. The Labute approximate surface area is 135 Å². The number of carboxylic acids is 1. The van der Waals surface area contributed by atoms with Crippen LogP contribution >= 0.6 is 0 Å². The third-order valence-corrected chi connectivity index (χ3v) is 3.16. The highest BCUT2D eigenvalue weighted by Gasteiger charge is 2.25. The number of halogens is 1. The van der Waals surface area contributed by atoms with Crippen molar-refractivity contribution in [1.29, 1.82) is 0 Å². The van der Waals surface area contributed by atoms with Crippen molar-refractivity contribution >= 4 is 11.9 Å². The molecule has 1 aromatic carbocycles. The van der Waals surface area contributed by atoms with Gasteiger partial charge in [0.25, 0.3) is 5.91 Å². The summed E-state index contributed by atoms with van der Waals surface area (Å²) in [6.45, 7) is -0.964. The van der Waals surface area contributed by atoms with Gasteiger partial charge in [-0.3, -0.25) is 9.63 Å². The predicted molar refractivity (Wildman–Crippen MR) is 78.6 cm³/mol. The quantitative estimate of drug-likeness (QED) is 0.683. The number of rotatable bonds is 6. The first kappa shape index (κ1) is 17.3. The van der Waals surface area contributed by atoms with Crippen molar-refractivity contribution in [1.82, 2.24) is 9.63 Å². The second kappa shape index (κ2) is 7.01. The zero-order valence-electron chi connectivity index (χ0n) is 12.6. The fraction of sp³-hybridized carbons (Fsp3) is 0.200. The molecule has 2 aromatic rings. The maximum Gasteiger partial charge on any atom is 0.332 e. The van der Waals surface area contributed by atoms with Crippen LogP contribution in [0.1, 0.15) is 15.9 Å². The summed E-state index contributed by atoms with van der Waals surface area (Å²) >= 11 is 0. The van der Waals surface area contributed by atoms with E-state index in [4.69, 9.17) is 9.94 Å². The molecule has 1 amide bonds. The van der Waals surface area contributed by atoms with Gasteiger partial charge in [0, 0.05) is 13.2 Å². The van der Waals surface area contributed by atoms with E-state index < -0.39 is 35.9 Å². The minimum Gasteiger partial charge on any atom is -0.503 e. The summed E-state index contributed by atoms with van der Waals surface area (Å²) < 4.78 is 14.1. The fourth-order valence-corrected chi connectivity index (χ4v) is 1.96. The number of aromatic nitrogens is 1. The molecule has 2 rings (SSSR count). The molecule has 24 heavy (non-hydrogen) atoms. The smallest absolute Gasteiger partial charge is 0.332 e. The third-order valence-electron chi connectivity index (χ3n) is 3.16. The van der Waals surface area contributed by atoms with E-state index in [0.29, 0.717) is 5.56 Å². The number of carbonyl (C=O) groups excluding carboxylic acids is 1. The van der Waals surface area contributed by atoms with Crippen LogP contribution in [0.5, 0.6) is 11.6 Å². The van der Waals surface area contributed by atoms with Gasteiger partial charge in [-0.1, -0.05) is 12.1 Å². The number of hydrogen-bond donors (Lipinski definition) is 3. The maximum absolute atomic E-state index is 12.9. The average molecular weight is 338 g/mol. The Balaban J connectivity index is 2.26. The van der Waals surface area contributed by atoms with Crippen LogP contribution in [0.3, 0.4) is 0 Å². The van der Waals surface area contributed by atoms with Gasteiger partial charge in [0.1, 0.15) is 11.4 Å². The first-order valence-electron chi connectivity index (χ1n) is 6.78. The van der Waals surface area contributed by atoms with Crippen LogP contribution in [0.4, 0.5) is 4.39 Å². The van der Waals surface area contributed by atoms with Gasteiger partial charge >= 0.3 is 5.97 Å². The summed E-state index contributed by atoms with van der Waals surface area (Å²) in [5.41, 5.74) is 0.220. The van der Waals surface area contributed by atoms with Crippen molar-refractivity contribution < 1.29 is 34.1 Å². The van der Waals surface area contributed by atoms with Gasteiger partial charge in [-0.15, -0.1) is 0 Å². The van der Waals surface area contributed by atoms with Crippen LogP contribution in [0.2, 0.25) is 0 Å². The lowest BCUT2D eigenvalue weighted by molar-refractivity contribution is -0.166. The van der Waals surface area contributed by atoms with E-state index in [1.807, 2.05) is 0 Å². The molecule has 0 aliphatic heterocycles. The van der Waals surface area contributed by atoms with Crippen molar-refractivity contribution in [3.63, 3.8) is 0 Å². The average Bonchev–Trinajstić information content (AvgIpc) is 2.80. The highest BCUT2D eigenvalue weighted by molar-refractivity contribution is 5.97. The molecule has 0 radical (unpaired) electrons. The van der Waals surface area contributed by atoms with Gasteiger partial charge in [-0.05, 0) is 17.7 Å². The second-order valence-electron chi connectivity index (χ2n) is 4.96. The Morgan fingerprint density at radius 2 is 1.88 bits per heavy atom. The maximum atomic E-state index is 12.9. The molecule has 3 N–H and O–H groups in total. The zero-order chi connectivity index (χ0) is 17.9. The molecule has 0 unspecified atom stereocenters. The first-order chi connectivity index (χ1) is 11.3. The minimum atomic E-state index is -1.30. The normalized spacial score (nSPS) is 10.6. The van der Waals surface area contributed by atoms with Crippen LogP contribution in [-0.2, 0) is 23.2 Å². The van der Waals surface area contributed by atoms with Gasteiger partial charge in [-0.25, -0.2) is 14.2 Å². The Morgan fingerprint density at radius 1 is 1.25 bits per heavy atom. The summed E-state index contributed by atoms with van der Waals surface area (Å²) in [6, 6.07) is 5.17. The number of carbonyl (C=O) groups is 2. The van der Waals surface area contributed by atoms with Crippen molar-refractivity contribution in [2.24, 2.45) is 7.05 Å². The van der Waals surface area contributed by atoms with Crippen molar-refractivity contribution in [2.45, 2.75) is 6.54 Å². The number of hydroxylamine groups is 2. The lowest BCUT2D eigenvalue weighted by Crippen LogP contribution is -2.32. The van der Waals surface area contributed by atoms with E-state index in [0.717, 1.165) is 9.63 Å². The van der Waals surface area contributed by atoms with Gasteiger partial charge in [0.15, 0.2) is 12.4 Å². The lowest BCUT2D eigenvalue weighted by atomic mass is 10.2. The van der Waals surface area contributed by atoms with Gasteiger partial charge in [-0.2, -0.15) is 0 Å². The number of aryl methyl sites for hydroxylation is 1. The second-order valence-corrected chi connectivity index (χ2v) is 4.96. The number of aromatic hydroxyl groups is 2. The molecule has 0 saturated heterocycles. The Morgan fingerprint density at radius 3 is 2.38 bits per heavy atom. The van der Waals surface area contributed by atoms with Crippen molar-refractivity contribution in [3.8, 4) is 11.6 Å². The van der Waals surface area contributed by atoms with Crippen molar-refractivity contribution in [3.05, 3.63) is 47.4 Å². The SMILES string of the molecule is Cn1cc(C(=O)N(Cc2ccc(F)cc2)OCC(=O)O)c(O)c1O. The van der Waals surface area contributed by atoms with Crippen LogP contribution in [0.15, 0.2) is 30.5 Å². The Kier molecular flexibility index (Phi) is 5.05. The Hall–Kier alpha value is -3.07. The van der Waals surface area contributed by atoms with E-state index in [1.54, 1.807) is 0 Å². The largest absolute Gasteiger partial charge is 0.503 e. The molecule has 0 fully saturated rings. The van der Waals surface area contributed by atoms with E-state index in [9.17, 15) is 24.2 Å². The zero-order valence-corrected chi connectivity index (χ0v) is 12.6. The molecule has 9 heteroatoms. The molecule has 0 bridgehead atoms. The van der Waals surface area contributed by atoms with E-state index in [1.165, 1.54) is 37.5 Å². The van der Waals surface area contributed by atoms with Gasteiger partial charge < -0.3 is 19.9 Å². The third kappa shape index (κ3) is 3.82. The molecule has 0 atom stereocenters. The number of hydrogen-bond acceptors (Lipinski definition) is 5. The molecule has 1 heterocycles. The summed E-state index contributed by atoms with van der Waals surface area (Å²) in [5.74, 6) is -3.78. The van der Waals surface area contributed by atoms with Crippen LogP contribution in [0, 0.1) is 5.82 Å².